The average molecular weight is 407 g/mol. The Hall–Kier alpha value is -2.39. The Morgan fingerprint density at radius 3 is 2.39 bits per heavy atom. The van der Waals surface area contributed by atoms with Crippen LogP contribution in [0.3, 0.4) is 0 Å². The molecule has 0 bridgehead atoms. The molecule has 3 rings (SSSR count). The highest BCUT2D eigenvalue weighted by Gasteiger charge is 2.32. The van der Waals surface area contributed by atoms with Crippen molar-refractivity contribution in [1.82, 2.24) is 14.1 Å². The van der Waals surface area contributed by atoms with E-state index in [1.165, 1.54) is 15.2 Å². The van der Waals surface area contributed by atoms with Gasteiger partial charge in [0, 0.05) is 32.0 Å². The average Bonchev–Trinajstić information content (AvgIpc) is 2.89. The van der Waals surface area contributed by atoms with Crippen LogP contribution in [-0.2, 0) is 17.1 Å². The predicted molar refractivity (Wildman–Crippen MR) is 106 cm³/mol. The first-order valence-electron chi connectivity index (χ1n) is 9.50. The minimum absolute atomic E-state index is 0.0423. The summed E-state index contributed by atoms with van der Waals surface area (Å²) < 4.78 is 34.4. The Morgan fingerprint density at radius 1 is 1.14 bits per heavy atom. The molecule has 1 aromatic carbocycles. The second kappa shape index (κ2) is 8.74. The van der Waals surface area contributed by atoms with Gasteiger partial charge in [0.15, 0.2) is 0 Å². The van der Waals surface area contributed by atoms with Gasteiger partial charge in [-0.3, -0.25) is 9.48 Å². The fourth-order valence-corrected chi connectivity index (χ4v) is 4.86. The molecule has 0 spiro atoms. The molecule has 0 unspecified atom stereocenters. The summed E-state index contributed by atoms with van der Waals surface area (Å²) in [5.74, 6) is 0.192. The molecule has 152 valence electrons. The van der Waals surface area contributed by atoms with Gasteiger partial charge in [-0.2, -0.15) is 9.40 Å². The van der Waals surface area contributed by atoms with Crippen LogP contribution in [0.4, 0.5) is 5.69 Å². The number of hydrogen-bond acceptors (Lipinski definition) is 5. The Balaban J connectivity index is 1.83. The number of aromatic nitrogens is 2. The van der Waals surface area contributed by atoms with Crippen LogP contribution in [0.1, 0.15) is 43.0 Å². The fraction of sp³-hybridized carbons (Fsp3) is 0.474. The summed E-state index contributed by atoms with van der Waals surface area (Å²) in [4.78, 5) is 12.8. The summed E-state index contributed by atoms with van der Waals surface area (Å²) in [6.45, 7) is 3.36. The minimum Gasteiger partial charge on any atom is -0.494 e. The minimum atomic E-state index is -3.83. The number of anilines is 1. The van der Waals surface area contributed by atoms with E-state index in [2.05, 4.69) is 10.4 Å². The van der Waals surface area contributed by atoms with E-state index in [0.29, 0.717) is 31.1 Å². The monoisotopic (exact) mass is 406 g/mol. The Kier molecular flexibility index (Phi) is 6.35. The molecule has 1 aliphatic heterocycles. The van der Waals surface area contributed by atoms with E-state index in [9.17, 15) is 13.2 Å². The van der Waals surface area contributed by atoms with Crippen LogP contribution in [0.25, 0.3) is 0 Å². The first-order chi connectivity index (χ1) is 13.4. The molecule has 1 aliphatic rings. The molecule has 8 nitrogen and oxygen atoms in total. The van der Waals surface area contributed by atoms with E-state index >= 15 is 0 Å². The number of hydrogen-bond donors (Lipinski definition) is 1. The van der Waals surface area contributed by atoms with Crippen molar-refractivity contribution in [3.05, 3.63) is 36.0 Å². The van der Waals surface area contributed by atoms with Crippen LogP contribution in [0, 0.1) is 0 Å². The number of amides is 1. The molecule has 28 heavy (non-hydrogen) atoms. The van der Waals surface area contributed by atoms with Crippen molar-refractivity contribution < 1.29 is 17.9 Å². The normalized spacial score (nSPS) is 15.8. The number of benzene rings is 1. The van der Waals surface area contributed by atoms with E-state index in [-0.39, 0.29) is 10.6 Å². The van der Waals surface area contributed by atoms with Crippen molar-refractivity contribution in [2.45, 2.75) is 37.6 Å². The zero-order valence-corrected chi connectivity index (χ0v) is 17.0. The number of carbonyl (C=O) groups excluding carboxylic acids is 1. The third kappa shape index (κ3) is 4.53. The van der Waals surface area contributed by atoms with Gasteiger partial charge in [-0.25, -0.2) is 8.42 Å². The second-order valence-electron chi connectivity index (χ2n) is 6.75. The van der Waals surface area contributed by atoms with E-state index in [1.54, 1.807) is 31.3 Å². The van der Waals surface area contributed by atoms with Gasteiger partial charge >= 0.3 is 0 Å². The van der Waals surface area contributed by atoms with Gasteiger partial charge in [0.1, 0.15) is 5.75 Å². The number of aryl methyl sites for hydroxylation is 1. The Labute approximate surface area is 165 Å². The van der Waals surface area contributed by atoms with Crippen molar-refractivity contribution >= 4 is 21.6 Å². The van der Waals surface area contributed by atoms with Crippen LogP contribution in [0.5, 0.6) is 5.75 Å². The zero-order chi connectivity index (χ0) is 20.1. The van der Waals surface area contributed by atoms with Crippen LogP contribution < -0.4 is 10.1 Å². The lowest BCUT2D eigenvalue weighted by molar-refractivity contribution is 0.102. The highest BCUT2D eigenvalue weighted by molar-refractivity contribution is 7.89. The van der Waals surface area contributed by atoms with Crippen LogP contribution in [0.15, 0.2) is 35.5 Å². The summed E-state index contributed by atoms with van der Waals surface area (Å²) in [5.41, 5.74) is 0.594. The standard InChI is InChI=1S/C19H26N4O4S/c1-3-27-16-10-8-15(9-11-16)20-18(24)17-14-22(2)21-19(17)28(25,26)23-12-6-4-5-7-13-23/h8-11,14H,3-7,12-13H2,1-2H3,(H,20,24). The number of rotatable bonds is 6. The first kappa shape index (κ1) is 20.3. The summed E-state index contributed by atoms with van der Waals surface area (Å²) in [6.07, 6.45) is 5.10. The second-order valence-corrected chi connectivity index (χ2v) is 8.60. The quantitative estimate of drug-likeness (QED) is 0.796. The molecule has 1 amide bonds. The van der Waals surface area contributed by atoms with E-state index < -0.39 is 15.9 Å². The van der Waals surface area contributed by atoms with Gasteiger partial charge in [-0.05, 0) is 44.0 Å². The van der Waals surface area contributed by atoms with Crippen molar-refractivity contribution in [1.29, 1.82) is 0 Å². The molecule has 9 heteroatoms. The summed E-state index contributed by atoms with van der Waals surface area (Å²) in [6, 6.07) is 6.92. The summed E-state index contributed by atoms with van der Waals surface area (Å²) in [7, 11) is -2.22. The molecular weight excluding hydrogens is 380 g/mol. The third-order valence-electron chi connectivity index (χ3n) is 4.61. The lowest BCUT2D eigenvalue weighted by atomic mass is 10.2. The number of nitrogens with zero attached hydrogens (tertiary/aromatic N) is 3. The number of nitrogens with one attached hydrogen (secondary N) is 1. The molecule has 1 N–H and O–H groups in total. The lowest BCUT2D eigenvalue weighted by Gasteiger charge is -2.19. The SMILES string of the molecule is CCOc1ccc(NC(=O)c2cn(C)nc2S(=O)(=O)N2CCCCCC2)cc1. The molecule has 0 atom stereocenters. The molecule has 1 fully saturated rings. The highest BCUT2D eigenvalue weighted by Crippen LogP contribution is 2.23. The van der Waals surface area contributed by atoms with E-state index in [1.807, 2.05) is 6.92 Å². The van der Waals surface area contributed by atoms with Gasteiger partial charge in [0.05, 0.1) is 12.2 Å². The van der Waals surface area contributed by atoms with Gasteiger partial charge in [-0.15, -0.1) is 0 Å². The van der Waals surface area contributed by atoms with E-state index in [0.717, 1.165) is 25.7 Å². The summed E-state index contributed by atoms with van der Waals surface area (Å²) in [5, 5.41) is 6.64. The zero-order valence-electron chi connectivity index (χ0n) is 16.2. The topological polar surface area (TPSA) is 93.5 Å². The maximum absolute atomic E-state index is 13.1. The van der Waals surface area contributed by atoms with Crippen molar-refractivity contribution in [2.24, 2.45) is 7.05 Å². The maximum Gasteiger partial charge on any atom is 0.263 e. The van der Waals surface area contributed by atoms with Crippen LogP contribution in [0.2, 0.25) is 0 Å². The molecule has 1 saturated heterocycles. The largest absolute Gasteiger partial charge is 0.494 e. The highest BCUT2D eigenvalue weighted by atomic mass is 32.2. The smallest absolute Gasteiger partial charge is 0.263 e. The molecular formula is C19H26N4O4S. The lowest BCUT2D eigenvalue weighted by Crippen LogP contribution is -2.33. The van der Waals surface area contributed by atoms with Crippen molar-refractivity contribution in [3.63, 3.8) is 0 Å². The van der Waals surface area contributed by atoms with Crippen molar-refractivity contribution in [3.8, 4) is 5.75 Å². The number of ether oxygens (including phenoxy) is 1. The van der Waals surface area contributed by atoms with Crippen molar-refractivity contribution in [2.75, 3.05) is 25.0 Å². The Bertz CT molecular complexity index is 914. The Morgan fingerprint density at radius 2 is 1.79 bits per heavy atom. The van der Waals surface area contributed by atoms with Gasteiger partial charge in [-0.1, -0.05) is 12.8 Å². The number of carbonyl (C=O) groups is 1. The molecule has 1 aromatic heterocycles. The van der Waals surface area contributed by atoms with Gasteiger partial charge in [0.2, 0.25) is 5.03 Å². The van der Waals surface area contributed by atoms with Gasteiger partial charge in [0.25, 0.3) is 15.9 Å². The van der Waals surface area contributed by atoms with Crippen LogP contribution in [-0.4, -0.2) is 48.1 Å². The predicted octanol–water partition coefficient (Wildman–Crippen LogP) is 2.64. The molecule has 0 saturated carbocycles. The van der Waals surface area contributed by atoms with Gasteiger partial charge < -0.3 is 10.1 Å². The molecule has 2 heterocycles. The molecule has 0 radical (unpaired) electrons. The molecule has 0 aliphatic carbocycles. The molecule has 2 aromatic rings. The third-order valence-corrected chi connectivity index (χ3v) is 6.45. The van der Waals surface area contributed by atoms with E-state index in [4.69, 9.17) is 4.74 Å². The fourth-order valence-electron chi connectivity index (χ4n) is 3.22. The maximum atomic E-state index is 13.1. The number of sulfonamides is 1. The summed E-state index contributed by atoms with van der Waals surface area (Å²) >= 11 is 0. The van der Waals surface area contributed by atoms with Crippen LogP contribution >= 0.6 is 0 Å². The first-order valence-corrected chi connectivity index (χ1v) is 10.9.